The molecular weight excluding hydrogens is 271 g/mol. The lowest BCUT2D eigenvalue weighted by atomic mass is 9.97. The molecule has 0 spiro atoms. The molecule has 0 aliphatic rings. The van der Waals surface area contributed by atoms with Gasteiger partial charge in [0.25, 0.3) is 0 Å². The fraction of sp³-hybridized carbons (Fsp3) is 0.118. The van der Waals surface area contributed by atoms with Crippen molar-refractivity contribution in [1.82, 2.24) is 0 Å². The van der Waals surface area contributed by atoms with E-state index >= 15 is 0 Å². The van der Waals surface area contributed by atoms with Gasteiger partial charge in [-0.1, -0.05) is 24.3 Å². The average molecular weight is 286 g/mol. The van der Waals surface area contributed by atoms with E-state index in [0.29, 0.717) is 11.1 Å². The third-order valence-electron chi connectivity index (χ3n) is 2.88. The van der Waals surface area contributed by atoms with Gasteiger partial charge in [0.15, 0.2) is 0 Å². The summed E-state index contributed by atoms with van der Waals surface area (Å²) >= 11 is 0. The fourth-order valence-electron chi connectivity index (χ4n) is 1.91. The van der Waals surface area contributed by atoms with E-state index in [9.17, 15) is 14.3 Å². The van der Waals surface area contributed by atoms with Gasteiger partial charge in [0.1, 0.15) is 11.6 Å². The summed E-state index contributed by atoms with van der Waals surface area (Å²) in [6.45, 7) is 2.01. The lowest BCUT2D eigenvalue weighted by molar-refractivity contribution is -0.137. The zero-order chi connectivity index (χ0) is 15.2. The summed E-state index contributed by atoms with van der Waals surface area (Å²) in [6.07, 6.45) is 1.36. The molecule has 0 fully saturated rings. The van der Waals surface area contributed by atoms with Crippen LogP contribution in [0.15, 0.2) is 54.6 Å². The maximum atomic E-state index is 13.0. The predicted octanol–water partition coefficient (Wildman–Crippen LogP) is 3.53. The van der Waals surface area contributed by atoms with Gasteiger partial charge < -0.3 is 9.84 Å². The van der Waals surface area contributed by atoms with Crippen LogP contribution in [-0.4, -0.2) is 17.7 Å². The summed E-state index contributed by atoms with van der Waals surface area (Å²) in [5.41, 5.74) is 2.02. The zero-order valence-electron chi connectivity index (χ0n) is 11.5. The Hall–Kier alpha value is -2.62. The molecular formula is C17H15FO3. The summed E-state index contributed by atoms with van der Waals surface area (Å²) in [4.78, 5) is 11.7. The largest absolute Gasteiger partial charge is 0.508 e. The van der Waals surface area contributed by atoms with Crippen molar-refractivity contribution >= 4 is 11.5 Å². The first-order valence-electron chi connectivity index (χ1n) is 6.54. The van der Waals surface area contributed by atoms with Gasteiger partial charge in [-0.25, -0.2) is 9.18 Å². The van der Waals surface area contributed by atoms with E-state index in [4.69, 9.17) is 4.74 Å². The molecule has 3 nitrogen and oxygen atoms in total. The molecule has 0 radical (unpaired) electrons. The second-order valence-electron chi connectivity index (χ2n) is 4.36. The number of hydrogen-bond donors (Lipinski definition) is 1. The number of esters is 1. The molecule has 2 aromatic carbocycles. The second kappa shape index (κ2) is 6.70. The van der Waals surface area contributed by atoms with E-state index < -0.39 is 5.97 Å². The monoisotopic (exact) mass is 286 g/mol. The molecule has 0 heterocycles. The van der Waals surface area contributed by atoms with Crippen LogP contribution >= 0.6 is 0 Å². The molecule has 0 aromatic heterocycles. The minimum Gasteiger partial charge on any atom is -0.508 e. The van der Waals surface area contributed by atoms with E-state index in [1.54, 1.807) is 31.2 Å². The summed E-state index contributed by atoms with van der Waals surface area (Å²) in [5, 5.41) is 9.35. The molecule has 0 saturated heterocycles. The summed E-state index contributed by atoms with van der Waals surface area (Å²) in [7, 11) is 0. The Kier molecular flexibility index (Phi) is 4.72. The number of benzene rings is 2. The van der Waals surface area contributed by atoms with Gasteiger partial charge in [-0.15, -0.1) is 0 Å². The quantitative estimate of drug-likeness (QED) is 0.691. The van der Waals surface area contributed by atoms with Crippen LogP contribution in [0, 0.1) is 5.82 Å². The third kappa shape index (κ3) is 3.92. The van der Waals surface area contributed by atoms with Crippen molar-refractivity contribution in [3.63, 3.8) is 0 Å². The lowest BCUT2D eigenvalue weighted by Crippen LogP contribution is -2.01. The topological polar surface area (TPSA) is 46.5 Å². The Labute approximate surface area is 122 Å². The smallest absolute Gasteiger partial charge is 0.331 e. The van der Waals surface area contributed by atoms with Gasteiger partial charge >= 0.3 is 5.97 Å². The van der Waals surface area contributed by atoms with Crippen LogP contribution in [0.4, 0.5) is 4.39 Å². The van der Waals surface area contributed by atoms with Crippen LogP contribution in [-0.2, 0) is 9.53 Å². The Morgan fingerprint density at radius 3 is 2.14 bits per heavy atom. The van der Waals surface area contributed by atoms with E-state index in [-0.39, 0.29) is 18.2 Å². The predicted molar refractivity (Wildman–Crippen MR) is 78.2 cm³/mol. The summed E-state index contributed by atoms with van der Waals surface area (Å²) in [5.74, 6) is -0.682. The van der Waals surface area contributed by atoms with E-state index in [2.05, 4.69) is 0 Å². The summed E-state index contributed by atoms with van der Waals surface area (Å²) in [6, 6.07) is 12.3. The molecule has 0 unspecified atom stereocenters. The first-order chi connectivity index (χ1) is 10.1. The lowest BCUT2D eigenvalue weighted by Gasteiger charge is -2.09. The minimum atomic E-state index is -0.468. The average Bonchev–Trinajstić information content (AvgIpc) is 2.47. The summed E-state index contributed by atoms with van der Waals surface area (Å²) < 4.78 is 18.0. The minimum absolute atomic E-state index is 0.133. The van der Waals surface area contributed by atoms with Gasteiger partial charge in [-0.2, -0.15) is 0 Å². The van der Waals surface area contributed by atoms with Crippen LogP contribution < -0.4 is 0 Å². The van der Waals surface area contributed by atoms with Crippen molar-refractivity contribution in [2.75, 3.05) is 6.61 Å². The number of rotatable bonds is 4. The zero-order valence-corrected chi connectivity index (χ0v) is 11.5. The standard InChI is InChI=1S/C17H15FO3/c1-2-21-17(20)11-16(12-3-7-14(18)8-4-12)13-5-9-15(19)10-6-13/h3-11,19H,2H2,1H3/b16-11-. The van der Waals surface area contributed by atoms with Crippen molar-refractivity contribution in [2.24, 2.45) is 0 Å². The Bertz CT molecular complexity index is 595. The molecule has 0 amide bonds. The van der Waals surface area contributed by atoms with Crippen molar-refractivity contribution < 1.29 is 19.0 Å². The first kappa shape index (κ1) is 14.8. The number of carbonyl (C=O) groups is 1. The molecule has 2 rings (SSSR count). The molecule has 0 atom stereocenters. The van der Waals surface area contributed by atoms with Crippen molar-refractivity contribution in [2.45, 2.75) is 6.92 Å². The second-order valence-corrected chi connectivity index (χ2v) is 4.36. The normalized spacial score (nSPS) is 11.2. The molecule has 0 bridgehead atoms. The highest BCUT2D eigenvalue weighted by atomic mass is 19.1. The maximum Gasteiger partial charge on any atom is 0.331 e. The van der Waals surface area contributed by atoms with Gasteiger partial charge in [0.2, 0.25) is 0 Å². The van der Waals surface area contributed by atoms with Gasteiger partial charge in [0, 0.05) is 6.08 Å². The van der Waals surface area contributed by atoms with Crippen LogP contribution in [0.5, 0.6) is 5.75 Å². The Morgan fingerprint density at radius 1 is 1.10 bits per heavy atom. The molecule has 4 heteroatoms. The van der Waals surface area contributed by atoms with Crippen LogP contribution in [0.3, 0.4) is 0 Å². The van der Waals surface area contributed by atoms with Crippen molar-refractivity contribution in [3.05, 3.63) is 71.6 Å². The molecule has 2 aromatic rings. The number of ether oxygens (including phenoxy) is 1. The van der Waals surface area contributed by atoms with Crippen molar-refractivity contribution in [3.8, 4) is 5.75 Å². The number of halogens is 1. The highest BCUT2D eigenvalue weighted by Crippen LogP contribution is 2.25. The first-order valence-corrected chi connectivity index (χ1v) is 6.54. The Balaban J connectivity index is 2.46. The highest BCUT2D eigenvalue weighted by molar-refractivity contribution is 5.96. The number of phenolic OH excluding ortho intramolecular Hbond substituents is 1. The number of hydrogen-bond acceptors (Lipinski definition) is 3. The van der Waals surface area contributed by atoms with Gasteiger partial charge in [-0.3, -0.25) is 0 Å². The van der Waals surface area contributed by atoms with Crippen molar-refractivity contribution in [1.29, 1.82) is 0 Å². The molecule has 1 N–H and O–H groups in total. The van der Waals surface area contributed by atoms with E-state index in [1.807, 2.05) is 0 Å². The molecule has 0 aliphatic heterocycles. The SMILES string of the molecule is CCOC(=O)/C=C(\c1ccc(O)cc1)c1ccc(F)cc1. The van der Waals surface area contributed by atoms with Crippen LogP contribution in [0.2, 0.25) is 0 Å². The van der Waals surface area contributed by atoms with E-state index in [0.717, 1.165) is 5.56 Å². The Morgan fingerprint density at radius 2 is 1.62 bits per heavy atom. The molecule has 21 heavy (non-hydrogen) atoms. The fourth-order valence-corrected chi connectivity index (χ4v) is 1.91. The van der Waals surface area contributed by atoms with Gasteiger partial charge in [0.05, 0.1) is 6.61 Å². The maximum absolute atomic E-state index is 13.0. The number of carbonyl (C=O) groups excluding carboxylic acids is 1. The van der Waals surface area contributed by atoms with Gasteiger partial charge in [-0.05, 0) is 47.9 Å². The molecule has 0 aliphatic carbocycles. The van der Waals surface area contributed by atoms with E-state index in [1.165, 1.54) is 30.3 Å². The third-order valence-corrected chi connectivity index (χ3v) is 2.88. The van der Waals surface area contributed by atoms with Crippen LogP contribution in [0.25, 0.3) is 5.57 Å². The number of phenols is 1. The highest BCUT2D eigenvalue weighted by Gasteiger charge is 2.09. The molecule has 108 valence electrons. The molecule has 0 saturated carbocycles. The van der Waals surface area contributed by atoms with Crippen LogP contribution in [0.1, 0.15) is 18.1 Å². The number of aromatic hydroxyl groups is 1.